The first-order chi connectivity index (χ1) is 11.5. The van der Waals surface area contributed by atoms with Crippen molar-refractivity contribution in [2.75, 3.05) is 7.11 Å². The van der Waals surface area contributed by atoms with E-state index in [4.69, 9.17) is 4.74 Å². The maximum absolute atomic E-state index is 12.3. The second-order valence-corrected chi connectivity index (χ2v) is 6.36. The van der Waals surface area contributed by atoms with Crippen LogP contribution in [0.4, 0.5) is 0 Å². The Hall–Kier alpha value is -1.93. The van der Waals surface area contributed by atoms with Gasteiger partial charge in [-0.1, -0.05) is 48.5 Å². The van der Waals surface area contributed by atoms with Gasteiger partial charge in [-0.2, -0.15) is 0 Å². The fourth-order valence-corrected chi connectivity index (χ4v) is 2.86. The molecule has 2 N–H and O–H groups in total. The smallest absolute Gasteiger partial charge is 0.328 e. The molecule has 5 nitrogen and oxygen atoms in total. The summed E-state index contributed by atoms with van der Waals surface area (Å²) in [5.41, 5.74) is 1.39. The molecule has 2 aromatic rings. The van der Waals surface area contributed by atoms with Crippen LogP contribution in [-0.4, -0.2) is 30.1 Å². The first kappa shape index (κ1) is 18.4. The second-order valence-electron chi connectivity index (χ2n) is 5.19. The average Bonchev–Trinajstić information content (AvgIpc) is 2.62. The van der Waals surface area contributed by atoms with Crippen molar-refractivity contribution in [1.82, 2.24) is 5.32 Å². The molecule has 0 saturated heterocycles. The molecule has 0 spiro atoms. The summed E-state index contributed by atoms with van der Waals surface area (Å²) >= 11 is 2.17. The van der Waals surface area contributed by atoms with Crippen LogP contribution in [0.15, 0.2) is 54.6 Å². The molecule has 0 radical (unpaired) electrons. The molecule has 2 aromatic carbocycles. The van der Waals surface area contributed by atoms with E-state index in [0.29, 0.717) is 12.0 Å². The van der Waals surface area contributed by atoms with Crippen molar-refractivity contribution in [2.45, 2.75) is 18.6 Å². The Morgan fingerprint density at radius 3 is 2.38 bits per heavy atom. The van der Waals surface area contributed by atoms with Crippen molar-refractivity contribution in [3.05, 3.63) is 69.3 Å². The number of aliphatic hydroxyl groups is 1. The number of nitrogens with one attached hydrogen (secondary N) is 1. The summed E-state index contributed by atoms with van der Waals surface area (Å²) in [6.07, 6.45) is -1.05. The van der Waals surface area contributed by atoms with Gasteiger partial charge in [-0.3, -0.25) is 4.79 Å². The van der Waals surface area contributed by atoms with E-state index in [-0.39, 0.29) is 0 Å². The number of methoxy groups -OCH3 is 1. The Labute approximate surface area is 154 Å². The van der Waals surface area contributed by atoms with Crippen molar-refractivity contribution >= 4 is 34.5 Å². The van der Waals surface area contributed by atoms with Gasteiger partial charge in [-0.05, 0) is 39.8 Å². The summed E-state index contributed by atoms with van der Waals surface area (Å²) in [5, 5.41) is 12.7. The lowest BCUT2D eigenvalue weighted by molar-refractivity contribution is -0.146. The van der Waals surface area contributed by atoms with Crippen molar-refractivity contribution in [1.29, 1.82) is 0 Å². The van der Waals surface area contributed by atoms with Gasteiger partial charge in [0.2, 0.25) is 0 Å². The van der Waals surface area contributed by atoms with E-state index in [1.54, 1.807) is 30.3 Å². The molecule has 126 valence electrons. The molecule has 0 aliphatic heterocycles. The molecule has 0 bridgehead atoms. The molecule has 24 heavy (non-hydrogen) atoms. The highest BCUT2D eigenvalue weighted by molar-refractivity contribution is 14.1. The van der Waals surface area contributed by atoms with Crippen LogP contribution >= 0.6 is 22.6 Å². The van der Waals surface area contributed by atoms with Gasteiger partial charge in [0.1, 0.15) is 6.04 Å². The molecule has 0 saturated carbocycles. The van der Waals surface area contributed by atoms with Crippen molar-refractivity contribution < 1.29 is 19.4 Å². The Balaban J connectivity index is 2.13. The van der Waals surface area contributed by atoms with E-state index in [9.17, 15) is 14.7 Å². The van der Waals surface area contributed by atoms with Gasteiger partial charge in [0.05, 0.1) is 7.11 Å². The molecule has 0 aliphatic rings. The van der Waals surface area contributed by atoms with Crippen LogP contribution in [0.1, 0.15) is 17.2 Å². The van der Waals surface area contributed by atoms with Gasteiger partial charge in [-0.25, -0.2) is 4.79 Å². The van der Waals surface area contributed by atoms with Crippen molar-refractivity contribution in [3.8, 4) is 0 Å². The van der Waals surface area contributed by atoms with E-state index in [1.165, 1.54) is 7.11 Å². The molecule has 2 atom stereocenters. The minimum Gasteiger partial charge on any atom is -0.467 e. The van der Waals surface area contributed by atoms with Crippen molar-refractivity contribution in [3.63, 3.8) is 0 Å². The summed E-state index contributed by atoms with van der Waals surface area (Å²) in [7, 11) is 1.27. The standard InChI is InChI=1S/C18H18INO4/c1-24-18(23)15(11-13-9-5-6-10-14(13)19)20-17(22)16(21)12-7-3-2-4-8-12/h2-10,15-16,21H,11H2,1H3,(H,20,22)/t15-,16-/m0/s1. The molecular weight excluding hydrogens is 421 g/mol. The first-order valence-corrected chi connectivity index (χ1v) is 8.45. The maximum atomic E-state index is 12.3. The van der Waals surface area contributed by atoms with Crippen LogP contribution in [0.2, 0.25) is 0 Å². The summed E-state index contributed by atoms with van der Waals surface area (Å²) in [5.74, 6) is -1.19. The molecule has 6 heteroatoms. The number of rotatable bonds is 6. The van der Waals surface area contributed by atoms with Crippen molar-refractivity contribution in [2.24, 2.45) is 0 Å². The zero-order valence-corrected chi connectivity index (χ0v) is 15.3. The maximum Gasteiger partial charge on any atom is 0.328 e. The van der Waals surface area contributed by atoms with Crippen LogP contribution in [0.5, 0.6) is 0 Å². The van der Waals surface area contributed by atoms with Gasteiger partial charge in [-0.15, -0.1) is 0 Å². The number of hydrogen-bond donors (Lipinski definition) is 2. The third-order valence-corrected chi connectivity index (χ3v) is 4.60. The number of esters is 1. The van der Waals surface area contributed by atoms with Crippen LogP contribution in [0.25, 0.3) is 0 Å². The van der Waals surface area contributed by atoms with Gasteiger partial charge in [0.15, 0.2) is 6.10 Å². The van der Waals surface area contributed by atoms with Crippen LogP contribution in [0, 0.1) is 3.57 Å². The molecule has 1 amide bonds. The third kappa shape index (κ3) is 4.78. The molecule has 0 unspecified atom stereocenters. The number of benzene rings is 2. The predicted octanol–water partition coefficient (Wildman–Crippen LogP) is 2.23. The normalized spacial score (nSPS) is 13.0. The number of ether oxygens (including phenoxy) is 1. The number of carbonyl (C=O) groups excluding carboxylic acids is 2. The minimum atomic E-state index is -1.34. The van der Waals surface area contributed by atoms with Crippen LogP contribution < -0.4 is 5.32 Å². The largest absolute Gasteiger partial charge is 0.467 e. The average molecular weight is 439 g/mol. The summed E-state index contributed by atoms with van der Waals surface area (Å²) < 4.78 is 5.76. The quantitative estimate of drug-likeness (QED) is 0.535. The molecular formula is C18H18INO4. The Kier molecular flexibility index (Phi) is 6.74. The lowest BCUT2D eigenvalue weighted by Crippen LogP contribution is -2.45. The second kappa shape index (κ2) is 8.79. The van der Waals surface area contributed by atoms with Gasteiger partial charge >= 0.3 is 5.97 Å². The van der Waals surface area contributed by atoms with Gasteiger partial charge < -0.3 is 15.2 Å². The molecule has 2 rings (SSSR count). The SMILES string of the molecule is COC(=O)[C@H](Cc1ccccc1I)NC(=O)[C@@H](O)c1ccccc1. The fraction of sp³-hybridized carbons (Fsp3) is 0.222. The lowest BCUT2D eigenvalue weighted by Gasteiger charge is -2.19. The van der Waals surface area contributed by atoms with E-state index >= 15 is 0 Å². The number of carbonyl (C=O) groups is 2. The number of halogens is 1. The van der Waals surface area contributed by atoms with Gasteiger partial charge in [0.25, 0.3) is 5.91 Å². The third-order valence-electron chi connectivity index (χ3n) is 3.55. The Morgan fingerprint density at radius 1 is 1.12 bits per heavy atom. The zero-order chi connectivity index (χ0) is 17.5. The molecule has 0 heterocycles. The summed E-state index contributed by atoms with van der Waals surface area (Å²) in [6.45, 7) is 0. The van der Waals surface area contributed by atoms with Gasteiger partial charge in [0, 0.05) is 9.99 Å². The topological polar surface area (TPSA) is 75.6 Å². The molecule has 0 fully saturated rings. The molecule has 0 aromatic heterocycles. The number of aliphatic hydroxyl groups excluding tert-OH is 1. The predicted molar refractivity (Wildman–Crippen MR) is 98.2 cm³/mol. The fourth-order valence-electron chi connectivity index (χ4n) is 2.26. The summed E-state index contributed by atoms with van der Waals surface area (Å²) in [6, 6.07) is 15.3. The van der Waals surface area contributed by atoms with E-state index < -0.39 is 24.0 Å². The number of hydrogen-bond acceptors (Lipinski definition) is 4. The van der Waals surface area contributed by atoms with E-state index in [1.807, 2.05) is 24.3 Å². The Bertz CT molecular complexity index is 705. The van der Waals surface area contributed by atoms with Crippen LogP contribution in [0.3, 0.4) is 0 Å². The molecule has 0 aliphatic carbocycles. The first-order valence-electron chi connectivity index (χ1n) is 7.37. The highest BCUT2D eigenvalue weighted by Gasteiger charge is 2.26. The highest BCUT2D eigenvalue weighted by Crippen LogP contribution is 2.16. The number of amides is 1. The lowest BCUT2D eigenvalue weighted by atomic mass is 10.0. The zero-order valence-electron chi connectivity index (χ0n) is 13.1. The highest BCUT2D eigenvalue weighted by atomic mass is 127. The monoisotopic (exact) mass is 439 g/mol. The van der Waals surface area contributed by atoms with E-state index in [0.717, 1.165) is 9.13 Å². The summed E-state index contributed by atoms with van der Waals surface area (Å²) in [4.78, 5) is 24.3. The minimum absolute atomic E-state index is 0.291. The Morgan fingerprint density at radius 2 is 1.75 bits per heavy atom. The van der Waals surface area contributed by atoms with E-state index in [2.05, 4.69) is 27.9 Å². The van der Waals surface area contributed by atoms with Crippen LogP contribution in [-0.2, 0) is 20.7 Å².